The van der Waals surface area contributed by atoms with Gasteiger partial charge in [0.15, 0.2) is 0 Å². The molecule has 0 nitrogen and oxygen atoms in total. The Morgan fingerprint density at radius 1 is 0.365 bits per heavy atom. The molecule has 1 spiro atoms. The molecule has 8 aromatic rings. The van der Waals surface area contributed by atoms with E-state index in [2.05, 4.69) is 158 Å². The molecule has 0 aliphatic heterocycles. The number of hydrogen-bond donors (Lipinski definition) is 0. The standard InChI is InChI=1S/C52H40/c1-2-11-34(12-3-1)36-14-10-15-37(30-36)49-42-17-6-8-19-44(42)50(45-20-9-7-18-43(45)49)38-22-24-48-47(31-38)46-23-21-35-13-4-5-16-41(35)51(46)52(48)39-26-32-25-33(28-39)29-40(52)27-32/h1-24,30-33,39-40H,25-29H2. The maximum absolute atomic E-state index is 2.60. The van der Waals surface area contributed by atoms with E-state index >= 15 is 0 Å². The lowest BCUT2D eigenvalue weighted by Gasteiger charge is -2.61. The molecule has 4 bridgehead atoms. The van der Waals surface area contributed by atoms with Crippen LogP contribution >= 0.6 is 0 Å². The lowest BCUT2D eigenvalue weighted by Crippen LogP contribution is -2.55. The average molecular weight is 665 g/mol. The summed E-state index contributed by atoms with van der Waals surface area (Å²) in [6.45, 7) is 0. The monoisotopic (exact) mass is 664 g/mol. The van der Waals surface area contributed by atoms with Gasteiger partial charge < -0.3 is 0 Å². The molecule has 0 saturated heterocycles. The van der Waals surface area contributed by atoms with Crippen LogP contribution in [0.3, 0.4) is 0 Å². The van der Waals surface area contributed by atoms with E-state index in [0.29, 0.717) is 0 Å². The third-order valence-electron chi connectivity index (χ3n) is 14.0. The summed E-state index contributed by atoms with van der Waals surface area (Å²) < 4.78 is 0. The Bertz CT molecular complexity index is 2660. The maximum Gasteiger partial charge on any atom is 0.0278 e. The van der Waals surface area contributed by atoms with Crippen LogP contribution in [0.2, 0.25) is 0 Å². The molecule has 0 heteroatoms. The van der Waals surface area contributed by atoms with Crippen LogP contribution in [0.1, 0.15) is 43.2 Å². The highest BCUT2D eigenvalue weighted by Crippen LogP contribution is 2.70. The molecular formula is C52H40. The first kappa shape index (κ1) is 29.2. The van der Waals surface area contributed by atoms with Crippen LogP contribution < -0.4 is 0 Å². The summed E-state index contributed by atoms with van der Waals surface area (Å²) in [5, 5.41) is 8.15. The molecule has 0 atom stereocenters. The van der Waals surface area contributed by atoms with Crippen molar-refractivity contribution in [1.29, 1.82) is 0 Å². The van der Waals surface area contributed by atoms with Crippen molar-refractivity contribution in [3.8, 4) is 44.5 Å². The summed E-state index contributed by atoms with van der Waals surface area (Å²) in [5.41, 5.74) is 14.2. The SMILES string of the molecule is c1ccc(-c2cccc(-c3c4ccccc4c(-c4ccc5c(c4)-c4ccc6ccccc6c4C54C5CC6CC(C5)CC4C6)c4ccccc34)c2)cc1. The first-order valence-electron chi connectivity index (χ1n) is 19.5. The van der Waals surface area contributed by atoms with Gasteiger partial charge in [-0.3, -0.25) is 0 Å². The molecular weight excluding hydrogens is 625 g/mol. The summed E-state index contributed by atoms with van der Waals surface area (Å²) in [7, 11) is 0. The molecule has 13 rings (SSSR count). The highest BCUT2D eigenvalue weighted by Gasteiger charge is 2.62. The van der Waals surface area contributed by atoms with Crippen molar-refractivity contribution >= 4 is 32.3 Å². The van der Waals surface area contributed by atoms with Crippen LogP contribution in [-0.2, 0) is 5.41 Å². The molecule has 0 heterocycles. The van der Waals surface area contributed by atoms with Gasteiger partial charge >= 0.3 is 0 Å². The summed E-state index contributed by atoms with van der Waals surface area (Å²) in [6, 6.07) is 60.0. The first-order valence-corrected chi connectivity index (χ1v) is 19.5. The molecule has 0 unspecified atom stereocenters. The van der Waals surface area contributed by atoms with Crippen LogP contribution in [0.15, 0.2) is 158 Å². The topological polar surface area (TPSA) is 0 Å². The number of hydrogen-bond acceptors (Lipinski definition) is 0. The molecule has 4 saturated carbocycles. The normalized spacial score (nSPS) is 23.8. The highest BCUT2D eigenvalue weighted by molar-refractivity contribution is 6.21. The smallest absolute Gasteiger partial charge is 0.0278 e. The molecule has 0 amide bonds. The lowest BCUT2D eigenvalue weighted by atomic mass is 9.43. The Balaban J connectivity index is 1.11. The van der Waals surface area contributed by atoms with Gasteiger partial charge in [0, 0.05) is 5.41 Å². The summed E-state index contributed by atoms with van der Waals surface area (Å²) in [4.78, 5) is 0. The van der Waals surface area contributed by atoms with Crippen molar-refractivity contribution in [1.82, 2.24) is 0 Å². The van der Waals surface area contributed by atoms with Gasteiger partial charge in [0.2, 0.25) is 0 Å². The van der Waals surface area contributed by atoms with E-state index in [9.17, 15) is 0 Å². The van der Waals surface area contributed by atoms with E-state index in [1.54, 1.807) is 11.1 Å². The zero-order valence-corrected chi connectivity index (χ0v) is 29.4. The predicted octanol–water partition coefficient (Wildman–Crippen LogP) is 13.9. The zero-order valence-electron chi connectivity index (χ0n) is 29.4. The molecule has 4 fully saturated rings. The van der Waals surface area contributed by atoms with Gasteiger partial charge in [-0.15, -0.1) is 0 Å². The summed E-state index contributed by atoms with van der Waals surface area (Å²) in [5.74, 6) is 3.35. The van der Waals surface area contributed by atoms with Crippen LogP contribution in [0.25, 0.3) is 76.8 Å². The molecule has 0 N–H and O–H groups in total. The summed E-state index contributed by atoms with van der Waals surface area (Å²) >= 11 is 0. The minimum atomic E-state index is 0.134. The molecule has 0 radical (unpaired) electrons. The second-order valence-electron chi connectivity index (χ2n) is 16.4. The number of fused-ring (bicyclic) bond motifs is 7. The van der Waals surface area contributed by atoms with Crippen molar-refractivity contribution in [2.75, 3.05) is 0 Å². The second-order valence-corrected chi connectivity index (χ2v) is 16.4. The van der Waals surface area contributed by atoms with E-state index in [4.69, 9.17) is 0 Å². The third-order valence-corrected chi connectivity index (χ3v) is 14.0. The van der Waals surface area contributed by atoms with Gasteiger partial charge in [0.05, 0.1) is 0 Å². The average Bonchev–Trinajstić information content (AvgIpc) is 3.49. The van der Waals surface area contributed by atoms with Gasteiger partial charge in [-0.1, -0.05) is 146 Å². The zero-order chi connectivity index (χ0) is 34.0. The predicted molar refractivity (Wildman–Crippen MR) is 219 cm³/mol. The van der Waals surface area contributed by atoms with Gasteiger partial charge in [-0.25, -0.2) is 0 Å². The van der Waals surface area contributed by atoms with Crippen molar-refractivity contribution in [2.45, 2.75) is 37.5 Å². The maximum atomic E-state index is 2.60. The largest absolute Gasteiger partial charge is 0.0622 e. The highest BCUT2D eigenvalue weighted by atomic mass is 14.6. The Kier molecular flexibility index (Phi) is 6.04. The van der Waals surface area contributed by atoms with E-state index in [0.717, 1.165) is 23.7 Å². The van der Waals surface area contributed by atoms with Crippen molar-refractivity contribution in [3.05, 3.63) is 169 Å². The molecule has 0 aromatic heterocycles. The van der Waals surface area contributed by atoms with Crippen molar-refractivity contribution in [2.24, 2.45) is 23.7 Å². The fourth-order valence-electron chi connectivity index (χ4n) is 12.4. The molecule has 248 valence electrons. The molecule has 5 aliphatic carbocycles. The van der Waals surface area contributed by atoms with E-state index in [-0.39, 0.29) is 5.41 Å². The second kappa shape index (κ2) is 10.8. The van der Waals surface area contributed by atoms with E-state index in [1.807, 2.05) is 0 Å². The Morgan fingerprint density at radius 3 is 1.56 bits per heavy atom. The van der Waals surface area contributed by atoms with Gasteiger partial charge in [0.1, 0.15) is 0 Å². The van der Waals surface area contributed by atoms with Crippen LogP contribution in [-0.4, -0.2) is 0 Å². The quantitative estimate of drug-likeness (QED) is 0.165. The lowest BCUT2D eigenvalue weighted by molar-refractivity contribution is -0.0393. The Hall–Kier alpha value is -5.46. The van der Waals surface area contributed by atoms with Crippen molar-refractivity contribution < 1.29 is 0 Å². The van der Waals surface area contributed by atoms with Crippen LogP contribution in [0, 0.1) is 23.7 Å². The molecule has 52 heavy (non-hydrogen) atoms. The Morgan fingerprint density at radius 2 is 0.904 bits per heavy atom. The number of benzene rings is 8. The first-order chi connectivity index (χ1) is 25.8. The third kappa shape index (κ3) is 3.88. The Labute approximate surface area is 305 Å². The van der Waals surface area contributed by atoms with Gasteiger partial charge in [0.25, 0.3) is 0 Å². The fraction of sp³-hybridized carbons (Fsp3) is 0.192. The molecule has 8 aromatic carbocycles. The minimum absolute atomic E-state index is 0.134. The van der Waals surface area contributed by atoms with Gasteiger partial charge in [-0.2, -0.15) is 0 Å². The van der Waals surface area contributed by atoms with E-state index < -0.39 is 0 Å². The summed E-state index contributed by atoms with van der Waals surface area (Å²) in [6.07, 6.45) is 7.08. The number of rotatable bonds is 3. The van der Waals surface area contributed by atoms with Crippen LogP contribution in [0.4, 0.5) is 0 Å². The van der Waals surface area contributed by atoms with Crippen molar-refractivity contribution in [3.63, 3.8) is 0 Å². The minimum Gasteiger partial charge on any atom is -0.0622 e. The fourth-order valence-corrected chi connectivity index (χ4v) is 12.4. The van der Waals surface area contributed by atoms with Gasteiger partial charge in [-0.05, 0) is 156 Å². The van der Waals surface area contributed by atoms with E-state index in [1.165, 1.54) is 109 Å². The molecule has 5 aliphatic rings. The van der Waals surface area contributed by atoms with Crippen LogP contribution in [0.5, 0.6) is 0 Å².